The average molecular weight is 246 g/mol. The molecule has 0 atom stereocenters. The van der Waals surface area contributed by atoms with Gasteiger partial charge in [0.2, 0.25) is 0 Å². The van der Waals surface area contributed by atoms with E-state index in [0.29, 0.717) is 16.7 Å². The van der Waals surface area contributed by atoms with Gasteiger partial charge >= 0.3 is 0 Å². The zero-order valence-electron chi connectivity index (χ0n) is 11.3. The lowest BCUT2D eigenvalue weighted by Gasteiger charge is -2.41. The Kier molecular flexibility index (Phi) is 3.60. The van der Waals surface area contributed by atoms with Crippen molar-refractivity contribution in [2.75, 3.05) is 12.3 Å². The number of hydrogen-bond donors (Lipinski definition) is 2. The maximum Gasteiger partial charge on any atom is 0.251 e. The molecule has 3 heteroatoms. The Bertz CT molecular complexity index is 444. The first-order valence-corrected chi connectivity index (χ1v) is 6.71. The van der Waals surface area contributed by atoms with Crippen LogP contribution in [0.3, 0.4) is 0 Å². The minimum atomic E-state index is -0.0126. The fraction of sp³-hybridized carbons (Fsp3) is 0.533. The highest BCUT2D eigenvalue weighted by Crippen LogP contribution is 2.43. The highest BCUT2D eigenvalue weighted by atomic mass is 16.1. The van der Waals surface area contributed by atoms with Crippen LogP contribution in [0.1, 0.15) is 48.5 Å². The molecule has 2 rings (SSSR count). The summed E-state index contributed by atoms with van der Waals surface area (Å²) in [5.74, 6) is -0.0126. The summed E-state index contributed by atoms with van der Waals surface area (Å²) in [7, 11) is 0. The predicted molar refractivity (Wildman–Crippen MR) is 74.5 cm³/mol. The van der Waals surface area contributed by atoms with Gasteiger partial charge in [0.25, 0.3) is 5.91 Å². The molecule has 18 heavy (non-hydrogen) atoms. The summed E-state index contributed by atoms with van der Waals surface area (Å²) in [5.41, 5.74) is 8.52. The maximum atomic E-state index is 12.0. The van der Waals surface area contributed by atoms with E-state index in [1.54, 1.807) is 6.07 Å². The molecule has 3 N–H and O–H groups in total. The molecular weight excluding hydrogens is 224 g/mol. The minimum absolute atomic E-state index is 0.0126. The van der Waals surface area contributed by atoms with Crippen LogP contribution in [0.2, 0.25) is 0 Å². The van der Waals surface area contributed by atoms with Crippen molar-refractivity contribution in [1.29, 1.82) is 0 Å². The van der Waals surface area contributed by atoms with Crippen LogP contribution in [0.4, 0.5) is 5.69 Å². The quantitative estimate of drug-likeness (QED) is 0.803. The molecule has 3 nitrogen and oxygen atoms in total. The number of hydrogen-bond acceptors (Lipinski definition) is 2. The van der Waals surface area contributed by atoms with Gasteiger partial charge in [0.15, 0.2) is 0 Å². The number of rotatable bonds is 4. The van der Waals surface area contributed by atoms with Crippen LogP contribution >= 0.6 is 0 Å². The van der Waals surface area contributed by atoms with Crippen molar-refractivity contribution < 1.29 is 4.79 Å². The summed E-state index contributed by atoms with van der Waals surface area (Å²) >= 11 is 0. The summed E-state index contributed by atoms with van der Waals surface area (Å²) in [4.78, 5) is 12.0. The third-order valence-corrected chi connectivity index (χ3v) is 4.33. The van der Waals surface area contributed by atoms with Gasteiger partial charge in [-0.2, -0.15) is 0 Å². The van der Waals surface area contributed by atoms with Crippen LogP contribution in [0.5, 0.6) is 0 Å². The van der Waals surface area contributed by atoms with Gasteiger partial charge in [-0.05, 0) is 49.3 Å². The first-order chi connectivity index (χ1) is 8.56. The van der Waals surface area contributed by atoms with Crippen molar-refractivity contribution in [2.45, 2.75) is 39.5 Å². The van der Waals surface area contributed by atoms with Crippen LogP contribution in [0.15, 0.2) is 18.2 Å². The average Bonchev–Trinajstić information content (AvgIpc) is 2.31. The number of amides is 1. The molecule has 0 bridgehead atoms. The summed E-state index contributed by atoms with van der Waals surface area (Å²) in [5, 5.41) is 3.04. The monoisotopic (exact) mass is 246 g/mol. The number of nitrogens with two attached hydrogens (primary N) is 1. The molecule has 0 unspecified atom stereocenters. The van der Waals surface area contributed by atoms with E-state index >= 15 is 0 Å². The van der Waals surface area contributed by atoms with Crippen LogP contribution in [-0.2, 0) is 0 Å². The van der Waals surface area contributed by atoms with Gasteiger partial charge < -0.3 is 11.1 Å². The number of nitrogen functional groups attached to an aromatic ring is 1. The van der Waals surface area contributed by atoms with E-state index in [1.165, 1.54) is 19.3 Å². The zero-order chi connectivity index (χ0) is 13.2. The predicted octanol–water partition coefficient (Wildman–Crippen LogP) is 2.89. The molecule has 1 aromatic rings. The molecular formula is C15H22N2O. The minimum Gasteiger partial charge on any atom is -0.398 e. The molecule has 0 aromatic heterocycles. The van der Waals surface area contributed by atoms with Crippen molar-refractivity contribution in [3.05, 3.63) is 29.3 Å². The van der Waals surface area contributed by atoms with Gasteiger partial charge in [0, 0.05) is 17.8 Å². The zero-order valence-corrected chi connectivity index (χ0v) is 11.3. The summed E-state index contributed by atoms with van der Waals surface area (Å²) < 4.78 is 0. The second-order valence-corrected chi connectivity index (χ2v) is 5.46. The van der Waals surface area contributed by atoms with Crippen LogP contribution in [0, 0.1) is 12.3 Å². The number of aryl methyl sites for hydroxylation is 1. The molecule has 0 saturated heterocycles. The molecule has 0 radical (unpaired) electrons. The van der Waals surface area contributed by atoms with Crippen LogP contribution in [0.25, 0.3) is 0 Å². The fourth-order valence-electron chi connectivity index (χ4n) is 2.48. The van der Waals surface area contributed by atoms with E-state index < -0.39 is 0 Å². The summed E-state index contributed by atoms with van der Waals surface area (Å²) in [6, 6.07) is 5.48. The van der Waals surface area contributed by atoms with Crippen molar-refractivity contribution in [1.82, 2.24) is 5.32 Å². The highest BCUT2D eigenvalue weighted by Gasteiger charge is 2.35. The topological polar surface area (TPSA) is 55.1 Å². The maximum absolute atomic E-state index is 12.0. The number of carbonyl (C=O) groups excluding carboxylic acids is 1. The molecule has 98 valence electrons. The molecule has 1 saturated carbocycles. The van der Waals surface area contributed by atoms with Crippen molar-refractivity contribution >= 4 is 11.6 Å². The Morgan fingerprint density at radius 1 is 1.44 bits per heavy atom. The molecule has 0 spiro atoms. The Morgan fingerprint density at radius 3 is 2.67 bits per heavy atom. The SMILES string of the molecule is CCC1(CNC(=O)c2ccc(C)c(N)c2)CCC1. The largest absolute Gasteiger partial charge is 0.398 e. The van der Waals surface area contributed by atoms with E-state index in [4.69, 9.17) is 5.73 Å². The molecule has 0 heterocycles. The van der Waals surface area contributed by atoms with Crippen molar-refractivity contribution in [2.24, 2.45) is 5.41 Å². The van der Waals surface area contributed by atoms with E-state index in [9.17, 15) is 4.79 Å². The Hall–Kier alpha value is -1.51. The fourth-order valence-corrected chi connectivity index (χ4v) is 2.48. The first kappa shape index (κ1) is 12.9. The number of nitrogens with one attached hydrogen (secondary N) is 1. The van der Waals surface area contributed by atoms with E-state index in [-0.39, 0.29) is 5.91 Å². The second-order valence-electron chi connectivity index (χ2n) is 5.46. The van der Waals surface area contributed by atoms with Crippen molar-refractivity contribution in [3.63, 3.8) is 0 Å². The molecule has 1 aliphatic rings. The smallest absolute Gasteiger partial charge is 0.251 e. The number of carbonyl (C=O) groups is 1. The lowest BCUT2D eigenvalue weighted by Crippen LogP contribution is -2.41. The standard InChI is InChI=1S/C15H22N2O/c1-3-15(7-4-8-15)10-17-14(18)12-6-5-11(2)13(16)9-12/h5-6,9H,3-4,7-8,10,16H2,1-2H3,(H,17,18). The number of benzene rings is 1. The van der Waals surface area contributed by atoms with Crippen LogP contribution < -0.4 is 11.1 Å². The lowest BCUT2D eigenvalue weighted by atomic mass is 9.67. The van der Waals surface area contributed by atoms with Gasteiger partial charge in [-0.3, -0.25) is 4.79 Å². The number of anilines is 1. The van der Waals surface area contributed by atoms with Gasteiger partial charge in [-0.15, -0.1) is 0 Å². The van der Waals surface area contributed by atoms with Gasteiger partial charge in [0.05, 0.1) is 0 Å². The Balaban J connectivity index is 1.97. The van der Waals surface area contributed by atoms with Crippen LogP contribution in [-0.4, -0.2) is 12.5 Å². The van der Waals surface area contributed by atoms with Crippen molar-refractivity contribution in [3.8, 4) is 0 Å². The molecule has 1 aliphatic carbocycles. The third-order valence-electron chi connectivity index (χ3n) is 4.33. The summed E-state index contributed by atoms with van der Waals surface area (Å²) in [6.07, 6.45) is 4.91. The molecule has 1 aromatic carbocycles. The lowest BCUT2D eigenvalue weighted by molar-refractivity contribution is 0.0850. The normalized spacial score (nSPS) is 17.0. The van der Waals surface area contributed by atoms with Gasteiger partial charge in [-0.1, -0.05) is 19.4 Å². The van der Waals surface area contributed by atoms with Gasteiger partial charge in [0.1, 0.15) is 0 Å². The Labute approximate surface area is 109 Å². The third kappa shape index (κ3) is 2.50. The Morgan fingerprint density at radius 2 is 2.17 bits per heavy atom. The van der Waals surface area contributed by atoms with Gasteiger partial charge in [-0.25, -0.2) is 0 Å². The molecule has 1 fully saturated rings. The molecule has 1 amide bonds. The van der Waals surface area contributed by atoms with E-state index in [0.717, 1.165) is 18.5 Å². The second kappa shape index (κ2) is 5.01. The van der Waals surface area contributed by atoms with E-state index in [1.807, 2.05) is 19.1 Å². The summed E-state index contributed by atoms with van der Waals surface area (Å²) in [6.45, 7) is 4.93. The van der Waals surface area contributed by atoms with E-state index in [2.05, 4.69) is 12.2 Å². The highest BCUT2D eigenvalue weighted by molar-refractivity contribution is 5.95. The molecule has 0 aliphatic heterocycles. The first-order valence-electron chi connectivity index (χ1n) is 6.71.